The minimum atomic E-state index is -0.624. The summed E-state index contributed by atoms with van der Waals surface area (Å²) in [5.74, 6) is -0.193. The average Bonchev–Trinajstić information content (AvgIpc) is 3.47. The van der Waals surface area contributed by atoms with Crippen LogP contribution >= 0.6 is 15.9 Å². The van der Waals surface area contributed by atoms with Gasteiger partial charge in [-0.3, -0.25) is 4.68 Å². The van der Waals surface area contributed by atoms with E-state index in [9.17, 15) is 14.5 Å². The van der Waals surface area contributed by atoms with Crippen LogP contribution in [0, 0.1) is 28.8 Å². The highest BCUT2D eigenvalue weighted by Gasteiger charge is 2.24. The Balaban J connectivity index is 1.45. The molecule has 1 fully saturated rings. The summed E-state index contributed by atoms with van der Waals surface area (Å²) in [6.45, 7) is 2.77. The molecule has 12 heteroatoms. The summed E-state index contributed by atoms with van der Waals surface area (Å²) in [5.41, 5.74) is 4.40. The summed E-state index contributed by atoms with van der Waals surface area (Å²) in [4.78, 5) is 16.0. The molecule has 5 rings (SSSR count). The van der Waals surface area contributed by atoms with E-state index in [1.165, 1.54) is 42.0 Å². The molecule has 0 aliphatic heterocycles. The fourth-order valence-corrected chi connectivity index (χ4v) is 4.38. The highest BCUT2D eigenvalue weighted by Crippen LogP contribution is 2.33. The lowest BCUT2D eigenvalue weighted by Crippen LogP contribution is -2.03. The number of benzene rings is 1. The van der Waals surface area contributed by atoms with Crippen molar-refractivity contribution in [3.8, 4) is 17.0 Å². The Bertz CT molecular complexity index is 1450. The molecule has 1 saturated carbocycles. The van der Waals surface area contributed by atoms with Gasteiger partial charge in [0, 0.05) is 43.4 Å². The lowest BCUT2D eigenvalue weighted by molar-refractivity contribution is -0.390. The second-order valence-corrected chi connectivity index (χ2v) is 9.80. The Morgan fingerprint density at radius 2 is 2.03 bits per heavy atom. The molecular formula is C24H23BrFN7O3. The first-order valence-corrected chi connectivity index (χ1v) is 12.2. The third kappa shape index (κ3) is 5.27. The van der Waals surface area contributed by atoms with Crippen molar-refractivity contribution in [2.75, 3.05) is 0 Å². The summed E-state index contributed by atoms with van der Waals surface area (Å²) >= 11 is 3.25. The van der Waals surface area contributed by atoms with Crippen LogP contribution in [0.2, 0.25) is 0 Å². The standard InChI is InChI=1S/C24H23BrFN7O3/c1-14-16(12-32(28-14)11-15-3-4-15)8-21-23(30-31(2)29-21)20-6-5-19(26)7-17(20)13-36-22-9-18(25)10-27-24(22)33(34)35/h5-7,9-10,12,15H,3-4,8,11,13H2,1-2H3. The zero-order chi connectivity index (χ0) is 25.4. The van der Waals surface area contributed by atoms with E-state index in [-0.39, 0.29) is 12.4 Å². The van der Waals surface area contributed by atoms with Crippen molar-refractivity contribution in [2.24, 2.45) is 13.0 Å². The highest BCUT2D eigenvalue weighted by atomic mass is 79.9. The van der Waals surface area contributed by atoms with Gasteiger partial charge in [0.05, 0.1) is 15.9 Å². The van der Waals surface area contributed by atoms with Gasteiger partial charge in [-0.2, -0.15) is 20.1 Å². The molecule has 36 heavy (non-hydrogen) atoms. The van der Waals surface area contributed by atoms with Crippen LogP contribution in [0.25, 0.3) is 11.3 Å². The van der Waals surface area contributed by atoms with Gasteiger partial charge in [-0.05, 0) is 75.3 Å². The molecule has 0 amide bonds. The topological polar surface area (TPSA) is 114 Å². The van der Waals surface area contributed by atoms with Gasteiger partial charge in [0.25, 0.3) is 0 Å². The van der Waals surface area contributed by atoms with Crippen molar-refractivity contribution >= 4 is 21.7 Å². The van der Waals surface area contributed by atoms with Gasteiger partial charge >= 0.3 is 5.82 Å². The van der Waals surface area contributed by atoms with E-state index in [0.717, 1.165) is 23.5 Å². The lowest BCUT2D eigenvalue weighted by atomic mass is 10.0. The molecular weight excluding hydrogens is 533 g/mol. The van der Waals surface area contributed by atoms with Crippen LogP contribution in [0.1, 0.15) is 35.4 Å². The van der Waals surface area contributed by atoms with Crippen molar-refractivity contribution in [3.63, 3.8) is 0 Å². The van der Waals surface area contributed by atoms with Crippen LogP contribution in [0.5, 0.6) is 5.75 Å². The number of nitrogens with zero attached hydrogens (tertiary/aromatic N) is 7. The minimum Gasteiger partial charge on any atom is -0.481 e. The number of aryl methyl sites for hydroxylation is 2. The van der Waals surface area contributed by atoms with Crippen molar-refractivity contribution < 1.29 is 14.1 Å². The van der Waals surface area contributed by atoms with Crippen molar-refractivity contribution in [3.05, 3.63) is 79.6 Å². The number of rotatable bonds is 9. The maximum Gasteiger partial charge on any atom is 0.406 e. The molecule has 1 aromatic carbocycles. The fourth-order valence-electron chi connectivity index (χ4n) is 4.07. The number of halogens is 2. The molecule has 0 unspecified atom stereocenters. The smallest absolute Gasteiger partial charge is 0.406 e. The van der Waals surface area contributed by atoms with E-state index < -0.39 is 16.6 Å². The van der Waals surface area contributed by atoms with Crippen LogP contribution in [-0.2, 0) is 26.6 Å². The Hall–Kier alpha value is -3.67. The number of hydrogen-bond donors (Lipinski definition) is 0. The number of hydrogen-bond acceptors (Lipinski definition) is 7. The quantitative estimate of drug-likeness (QED) is 0.216. The van der Waals surface area contributed by atoms with Gasteiger partial charge in [0.1, 0.15) is 18.1 Å². The fraction of sp³-hybridized carbons (Fsp3) is 0.333. The van der Waals surface area contributed by atoms with Crippen LogP contribution in [0.15, 0.2) is 41.1 Å². The number of nitro groups is 1. The maximum absolute atomic E-state index is 14.2. The third-order valence-corrected chi connectivity index (χ3v) is 6.44. The number of ether oxygens (including phenoxy) is 1. The van der Waals surface area contributed by atoms with Crippen LogP contribution < -0.4 is 4.74 Å². The van der Waals surface area contributed by atoms with Crippen LogP contribution in [-0.4, -0.2) is 34.7 Å². The second-order valence-electron chi connectivity index (χ2n) is 8.89. The Morgan fingerprint density at radius 1 is 1.22 bits per heavy atom. The molecule has 4 aromatic rings. The molecule has 10 nitrogen and oxygen atoms in total. The first kappa shape index (κ1) is 24.0. The zero-order valence-electron chi connectivity index (χ0n) is 19.7. The largest absolute Gasteiger partial charge is 0.481 e. The number of pyridine rings is 1. The molecule has 3 heterocycles. The first-order chi connectivity index (χ1) is 17.3. The highest BCUT2D eigenvalue weighted by molar-refractivity contribution is 9.10. The van der Waals surface area contributed by atoms with Crippen molar-refractivity contribution in [1.82, 2.24) is 29.8 Å². The van der Waals surface area contributed by atoms with Gasteiger partial charge in [0.2, 0.25) is 5.75 Å². The maximum atomic E-state index is 14.2. The van der Waals surface area contributed by atoms with Gasteiger partial charge in [-0.15, -0.1) is 0 Å². The van der Waals surface area contributed by atoms with E-state index in [1.54, 1.807) is 13.1 Å². The summed E-state index contributed by atoms with van der Waals surface area (Å²) in [6.07, 6.45) is 6.38. The molecule has 0 N–H and O–H groups in total. The number of aromatic nitrogens is 6. The van der Waals surface area contributed by atoms with Crippen LogP contribution in [0.4, 0.5) is 10.2 Å². The predicted octanol–water partition coefficient (Wildman–Crippen LogP) is 4.77. The zero-order valence-corrected chi connectivity index (χ0v) is 21.3. The van der Waals surface area contributed by atoms with Crippen molar-refractivity contribution in [1.29, 1.82) is 0 Å². The van der Waals surface area contributed by atoms with E-state index in [4.69, 9.17) is 4.74 Å². The normalized spacial score (nSPS) is 13.2. The average molecular weight is 556 g/mol. The molecule has 1 aliphatic rings. The molecule has 1 aliphatic carbocycles. The van der Waals surface area contributed by atoms with Gasteiger partial charge < -0.3 is 14.9 Å². The molecule has 186 valence electrons. The van der Waals surface area contributed by atoms with E-state index in [0.29, 0.717) is 33.6 Å². The SMILES string of the molecule is Cc1nn(CC2CC2)cc1Cc1nn(C)nc1-c1ccc(F)cc1COc1cc(Br)cnc1[N+](=O)[O-]. The van der Waals surface area contributed by atoms with Crippen molar-refractivity contribution in [2.45, 2.75) is 39.3 Å². The predicted molar refractivity (Wildman–Crippen MR) is 132 cm³/mol. The summed E-state index contributed by atoms with van der Waals surface area (Å²) in [7, 11) is 1.73. The molecule has 0 spiro atoms. The third-order valence-electron chi connectivity index (χ3n) is 6.01. The van der Waals surface area contributed by atoms with Gasteiger partial charge in [0.15, 0.2) is 6.20 Å². The van der Waals surface area contributed by atoms with E-state index in [1.807, 2.05) is 11.6 Å². The molecule has 0 saturated heterocycles. The minimum absolute atomic E-state index is 0.0253. The summed E-state index contributed by atoms with van der Waals surface area (Å²) in [5, 5.41) is 25.1. The Kier molecular flexibility index (Phi) is 6.52. The van der Waals surface area contributed by atoms with E-state index >= 15 is 0 Å². The first-order valence-electron chi connectivity index (χ1n) is 11.4. The van der Waals surface area contributed by atoms with Crippen LogP contribution in [0.3, 0.4) is 0 Å². The second kappa shape index (κ2) is 9.76. The molecule has 0 radical (unpaired) electrons. The van der Waals surface area contributed by atoms with E-state index in [2.05, 4.69) is 42.4 Å². The lowest BCUT2D eigenvalue weighted by Gasteiger charge is -2.11. The Morgan fingerprint density at radius 3 is 2.78 bits per heavy atom. The summed E-state index contributed by atoms with van der Waals surface area (Å²) < 4.78 is 22.5. The monoisotopic (exact) mass is 555 g/mol. The molecule has 3 aromatic heterocycles. The van der Waals surface area contributed by atoms with Gasteiger partial charge in [-0.25, -0.2) is 4.39 Å². The molecule has 0 bridgehead atoms. The summed E-state index contributed by atoms with van der Waals surface area (Å²) in [6, 6.07) is 5.77. The van der Waals surface area contributed by atoms with Gasteiger partial charge in [-0.1, -0.05) is 0 Å². The molecule has 0 atom stereocenters. The Labute approximate surface area is 214 Å².